The highest BCUT2D eigenvalue weighted by Gasteiger charge is 2.40. The molecule has 1 saturated heterocycles. The van der Waals surface area contributed by atoms with E-state index < -0.39 is 5.79 Å². The first-order chi connectivity index (χ1) is 12.8. The molecule has 0 radical (unpaired) electrons. The fraction of sp³-hybridized carbons (Fsp3) is 0.318. The lowest BCUT2D eigenvalue weighted by molar-refractivity contribution is -0.309. The maximum atomic E-state index is 6.46. The minimum absolute atomic E-state index is 0.209. The molecule has 0 bridgehead atoms. The van der Waals surface area contributed by atoms with E-state index in [-0.39, 0.29) is 6.10 Å². The van der Waals surface area contributed by atoms with Crippen LogP contribution >= 0.6 is 0 Å². The highest BCUT2D eigenvalue weighted by Crippen LogP contribution is 2.36. The summed E-state index contributed by atoms with van der Waals surface area (Å²) in [6.45, 7) is 3.46. The fourth-order valence-electron chi connectivity index (χ4n) is 3.50. The second-order valence-corrected chi connectivity index (χ2v) is 6.72. The van der Waals surface area contributed by atoms with Crippen molar-refractivity contribution < 1.29 is 9.47 Å². The molecule has 2 atom stereocenters. The smallest absolute Gasteiger partial charge is 0.213 e. The van der Waals surface area contributed by atoms with Crippen LogP contribution in [0.25, 0.3) is 11.1 Å². The first kappa shape index (κ1) is 17.0. The van der Waals surface area contributed by atoms with E-state index in [4.69, 9.17) is 9.47 Å². The van der Waals surface area contributed by atoms with Crippen LogP contribution in [-0.2, 0) is 21.8 Å². The van der Waals surface area contributed by atoms with E-state index in [1.165, 1.54) is 11.1 Å². The maximum absolute atomic E-state index is 6.46. The van der Waals surface area contributed by atoms with Gasteiger partial charge in [0.25, 0.3) is 0 Å². The Morgan fingerprint density at radius 3 is 2.54 bits per heavy atom. The van der Waals surface area contributed by atoms with Crippen molar-refractivity contribution in [1.82, 2.24) is 9.55 Å². The molecule has 1 fully saturated rings. The number of hydrogen-bond acceptors (Lipinski definition) is 3. The normalized spacial score (nSPS) is 23.0. The molecule has 0 N–H and O–H groups in total. The van der Waals surface area contributed by atoms with Crippen LogP contribution in [0.15, 0.2) is 73.3 Å². The number of rotatable bonds is 5. The standard InChI is InChI=1S/C22H24N2O2/c1-2-21-12-15-25-22(26-21,16-24-14-13-23-17-24)20-10-8-19(9-11-20)18-6-4-3-5-7-18/h3-11,13-14,17,21H,2,12,15-16H2,1H3. The van der Waals surface area contributed by atoms with Crippen molar-refractivity contribution in [2.75, 3.05) is 6.61 Å². The van der Waals surface area contributed by atoms with Crippen LogP contribution in [0.3, 0.4) is 0 Å². The van der Waals surface area contributed by atoms with Gasteiger partial charge in [-0.05, 0) is 24.0 Å². The largest absolute Gasteiger partial charge is 0.344 e. The van der Waals surface area contributed by atoms with E-state index in [2.05, 4.69) is 60.4 Å². The van der Waals surface area contributed by atoms with Gasteiger partial charge in [-0.15, -0.1) is 0 Å². The molecule has 4 rings (SSSR count). The molecule has 3 aromatic rings. The summed E-state index contributed by atoms with van der Waals surface area (Å²) in [6, 6.07) is 18.9. The summed E-state index contributed by atoms with van der Waals surface area (Å²) in [5.41, 5.74) is 3.44. The predicted octanol–water partition coefficient (Wildman–Crippen LogP) is 4.62. The van der Waals surface area contributed by atoms with Crippen LogP contribution in [0.1, 0.15) is 25.3 Å². The molecule has 1 aromatic heterocycles. The van der Waals surface area contributed by atoms with Gasteiger partial charge in [-0.2, -0.15) is 0 Å². The zero-order valence-corrected chi connectivity index (χ0v) is 15.0. The minimum atomic E-state index is -0.769. The Labute approximate surface area is 154 Å². The molecule has 4 nitrogen and oxygen atoms in total. The molecular weight excluding hydrogens is 324 g/mol. The molecule has 0 amide bonds. The molecule has 0 aliphatic carbocycles. The Balaban J connectivity index is 1.67. The summed E-state index contributed by atoms with van der Waals surface area (Å²) < 4.78 is 14.7. The van der Waals surface area contributed by atoms with Crippen molar-refractivity contribution in [2.24, 2.45) is 0 Å². The molecule has 1 aliphatic rings. The fourth-order valence-corrected chi connectivity index (χ4v) is 3.50. The minimum Gasteiger partial charge on any atom is -0.344 e. The van der Waals surface area contributed by atoms with E-state index in [9.17, 15) is 0 Å². The lowest BCUT2D eigenvalue weighted by Crippen LogP contribution is -2.45. The second-order valence-electron chi connectivity index (χ2n) is 6.72. The van der Waals surface area contributed by atoms with Crippen molar-refractivity contribution >= 4 is 0 Å². The van der Waals surface area contributed by atoms with Gasteiger partial charge in [0.15, 0.2) is 0 Å². The van der Waals surface area contributed by atoms with Crippen LogP contribution in [0.5, 0.6) is 0 Å². The molecule has 0 spiro atoms. The van der Waals surface area contributed by atoms with E-state index in [1.54, 1.807) is 6.20 Å². The van der Waals surface area contributed by atoms with Gasteiger partial charge in [0.2, 0.25) is 5.79 Å². The van der Waals surface area contributed by atoms with Crippen LogP contribution in [0, 0.1) is 0 Å². The summed E-state index contributed by atoms with van der Waals surface area (Å²) in [6.07, 6.45) is 7.67. The Morgan fingerprint density at radius 2 is 1.85 bits per heavy atom. The van der Waals surface area contributed by atoms with Crippen molar-refractivity contribution in [1.29, 1.82) is 0 Å². The third-order valence-corrected chi connectivity index (χ3v) is 4.97. The van der Waals surface area contributed by atoms with E-state index in [1.807, 2.05) is 23.2 Å². The highest BCUT2D eigenvalue weighted by atomic mass is 16.7. The quantitative estimate of drug-likeness (QED) is 0.675. The highest BCUT2D eigenvalue weighted by molar-refractivity contribution is 5.63. The lowest BCUT2D eigenvalue weighted by Gasteiger charge is -2.41. The molecule has 2 aromatic carbocycles. The first-order valence-electron chi connectivity index (χ1n) is 9.22. The predicted molar refractivity (Wildman–Crippen MR) is 102 cm³/mol. The monoisotopic (exact) mass is 348 g/mol. The van der Waals surface area contributed by atoms with Gasteiger partial charge in [0.1, 0.15) is 0 Å². The molecule has 26 heavy (non-hydrogen) atoms. The van der Waals surface area contributed by atoms with Crippen LogP contribution in [0.2, 0.25) is 0 Å². The molecule has 1 aliphatic heterocycles. The average Bonchev–Trinajstić information content (AvgIpc) is 3.22. The van der Waals surface area contributed by atoms with Gasteiger partial charge in [0.05, 0.1) is 25.6 Å². The molecular formula is C22H24N2O2. The Morgan fingerprint density at radius 1 is 1.08 bits per heavy atom. The van der Waals surface area contributed by atoms with Crippen LogP contribution < -0.4 is 0 Å². The zero-order valence-electron chi connectivity index (χ0n) is 15.0. The van der Waals surface area contributed by atoms with Crippen LogP contribution in [0.4, 0.5) is 0 Å². The third-order valence-electron chi connectivity index (χ3n) is 4.97. The number of imidazole rings is 1. The maximum Gasteiger partial charge on any atom is 0.213 e. The molecule has 2 unspecified atom stereocenters. The van der Waals surface area contributed by atoms with Gasteiger partial charge in [-0.25, -0.2) is 4.98 Å². The summed E-state index contributed by atoms with van der Waals surface area (Å²) in [4.78, 5) is 4.16. The first-order valence-corrected chi connectivity index (χ1v) is 9.22. The topological polar surface area (TPSA) is 36.3 Å². The number of ether oxygens (including phenoxy) is 2. The summed E-state index contributed by atoms with van der Waals surface area (Å²) >= 11 is 0. The molecule has 0 saturated carbocycles. The van der Waals surface area contributed by atoms with E-state index in [0.29, 0.717) is 13.2 Å². The van der Waals surface area contributed by atoms with E-state index in [0.717, 1.165) is 18.4 Å². The number of nitrogens with zero attached hydrogens (tertiary/aromatic N) is 2. The third kappa shape index (κ3) is 3.43. The molecule has 4 heteroatoms. The zero-order chi connectivity index (χ0) is 17.8. The van der Waals surface area contributed by atoms with Crippen molar-refractivity contribution in [3.63, 3.8) is 0 Å². The average molecular weight is 348 g/mol. The summed E-state index contributed by atoms with van der Waals surface area (Å²) in [5.74, 6) is -0.769. The Hall–Kier alpha value is -2.43. The van der Waals surface area contributed by atoms with Crippen molar-refractivity contribution in [2.45, 2.75) is 38.2 Å². The van der Waals surface area contributed by atoms with Gasteiger partial charge >= 0.3 is 0 Å². The SMILES string of the molecule is CCC1CCOC(Cn2ccnc2)(c2ccc(-c3ccccc3)cc2)O1. The molecule has 2 heterocycles. The number of aromatic nitrogens is 2. The Kier molecular flexibility index (Phi) is 4.87. The van der Waals surface area contributed by atoms with Gasteiger partial charge in [-0.1, -0.05) is 61.5 Å². The lowest BCUT2D eigenvalue weighted by atomic mass is 9.98. The van der Waals surface area contributed by atoms with E-state index >= 15 is 0 Å². The second kappa shape index (κ2) is 7.44. The Bertz CT molecular complexity index is 815. The summed E-state index contributed by atoms with van der Waals surface area (Å²) in [7, 11) is 0. The van der Waals surface area contributed by atoms with Gasteiger partial charge < -0.3 is 14.0 Å². The number of benzene rings is 2. The van der Waals surface area contributed by atoms with Crippen LogP contribution in [-0.4, -0.2) is 22.3 Å². The van der Waals surface area contributed by atoms with Crippen molar-refractivity contribution in [3.05, 3.63) is 78.9 Å². The number of hydrogen-bond donors (Lipinski definition) is 0. The van der Waals surface area contributed by atoms with Gasteiger partial charge in [-0.3, -0.25) is 0 Å². The molecule has 134 valence electrons. The summed E-state index contributed by atoms with van der Waals surface area (Å²) in [5, 5.41) is 0. The van der Waals surface area contributed by atoms with Crippen molar-refractivity contribution in [3.8, 4) is 11.1 Å². The van der Waals surface area contributed by atoms with Gasteiger partial charge in [0, 0.05) is 18.0 Å².